The van der Waals surface area contributed by atoms with Gasteiger partial charge in [0.05, 0.1) is 12.2 Å². The molecule has 0 bridgehead atoms. The summed E-state index contributed by atoms with van der Waals surface area (Å²) in [6, 6.07) is 3.92. The number of hydrogen-bond donors (Lipinski definition) is 1. The van der Waals surface area contributed by atoms with E-state index in [2.05, 4.69) is 21.5 Å². The van der Waals surface area contributed by atoms with E-state index in [1.807, 2.05) is 44.9 Å². The van der Waals surface area contributed by atoms with Crippen LogP contribution in [0.2, 0.25) is 0 Å². The number of nitrogens with zero attached hydrogens (tertiary/aromatic N) is 4. The Morgan fingerprint density at radius 1 is 1.39 bits per heavy atom. The van der Waals surface area contributed by atoms with E-state index in [1.54, 1.807) is 11.1 Å². The lowest BCUT2D eigenvalue weighted by molar-refractivity contribution is 0.206. The normalized spacial score (nSPS) is 10.6. The standard InChI is InChI=1S/C17H25N5O/c1-13-16(14(2)22(4)20-13)12-21(3)17(23)19-10-6-8-15-7-5-9-18-11-15/h5,7,9,11H,6,8,10,12H2,1-4H3,(H,19,23). The summed E-state index contributed by atoms with van der Waals surface area (Å²) in [4.78, 5) is 17.9. The highest BCUT2D eigenvalue weighted by atomic mass is 16.2. The van der Waals surface area contributed by atoms with Crippen molar-refractivity contribution in [2.75, 3.05) is 13.6 Å². The number of aryl methyl sites for hydroxylation is 3. The molecule has 0 aromatic carbocycles. The zero-order valence-corrected chi connectivity index (χ0v) is 14.3. The van der Waals surface area contributed by atoms with Crippen molar-refractivity contribution >= 4 is 6.03 Å². The summed E-state index contributed by atoms with van der Waals surface area (Å²) < 4.78 is 1.85. The van der Waals surface area contributed by atoms with Crippen LogP contribution in [0.4, 0.5) is 4.79 Å². The van der Waals surface area contributed by atoms with E-state index in [-0.39, 0.29) is 6.03 Å². The van der Waals surface area contributed by atoms with E-state index >= 15 is 0 Å². The first-order valence-electron chi connectivity index (χ1n) is 7.86. The maximum absolute atomic E-state index is 12.2. The lowest BCUT2D eigenvalue weighted by Crippen LogP contribution is -2.37. The van der Waals surface area contributed by atoms with E-state index in [0.717, 1.165) is 29.8 Å². The number of amides is 2. The number of nitrogens with one attached hydrogen (secondary N) is 1. The Labute approximate surface area is 137 Å². The molecule has 0 aliphatic rings. The molecule has 0 radical (unpaired) electrons. The van der Waals surface area contributed by atoms with Gasteiger partial charge in [0.2, 0.25) is 0 Å². The number of pyridine rings is 1. The van der Waals surface area contributed by atoms with Gasteiger partial charge in [-0.1, -0.05) is 6.07 Å². The highest BCUT2D eigenvalue weighted by Crippen LogP contribution is 2.13. The zero-order valence-electron chi connectivity index (χ0n) is 14.3. The first-order valence-corrected chi connectivity index (χ1v) is 7.86. The highest BCUT2D eigenvalue weighted by Gasteiger charge is 2.14. The van der Waals surface area contributed by atoms with Crippen molar-refractivity contribution in [3.63, 3.8) is 0 Å². The Kier molecular flexibility index (Phi) is 5.73. The second kappa shape index (κ2) is 7.76. The Hall–Kier alpha value is -2.37. The summed E-state index contributed by atoms with van der Waals surface area (Å²) in [5, 5.41) is 7.34. The SMILES string of the molecule is Cc1nn(C)c(C)c1CN(C)C(=O)NCCCc1cccnc1. The Bertz CT molecular complexity index is 651. The number of urea groups is 1. The smallest absolute Gasteiger partial charge is 0.317 e. The molecule has 2 rings (SSSR count). The van der Waals surface area contributed by atoms with Crippen molar-refractivity contribution in [2.45, 2.75) is 33.2 Å². The molecule has 2 aromatic rings. The Balaban J connectivity index is 1.77. The summed E-state index contributed by atoms with van der Waals surface area (Å²) >= 11 is 0. The van der Waals surface area contributed by atoms with Gasteiger partial charge in [0, 0.05) is 44.3 Å². The van der Waals surface area contributed by atoms with Gasteiger partial charge in [-0.2, -0.15) is 5.10 Å². The number of carbonyl (C=O) groups is 1. The van der Waals surface area contributed by atoms with Crippen LogP contribution in [0.15, 0.2) is 24.5 Å². The molecule has 1 N–H and O–H groups in total. The zero-order chi connectivity index (χ0) is 16.8. The van der Waals surface area contributed by atoms with Gasteiger partial charge < -0.3 is 10.2 Å². The molecule has 0 aliphatic heterocycles. The summed E-state index contributed by atoms with van der Waals surface area (Å²) in [7, 11) is 3.73. The average Bonchev–Trinajstić information content (AvgIpc) is 2.78. The minimum atomic E-state index is -0.0566. The highest BCUT2D eigenvalue weighted by molar-refractivity contribution is 5.73. The molecule has 2 aromatic heterocycles. The van der Waals surface area contributed by atoms with Crippen LogP contribution in [0.3, 0.4) is 0 Å². The number of carbonyl (C=O) groups excluding carboxylic acids is 1. The maximum atomic E-state index is 12.2. The van der Waals surface area contributed by atoms with Crippen molar-refractivity contribution in [3.05, 3.63) is 47.0 Å². The van der Waals surface area contributed by atoms with Crippen LogP contribution in [0, 0.1) is 13.8 Å². The molecule has 2 heterocycles. The van der Waals surface area contributed by atoms with Gasteiger partial charge in [-0.15, -0.1) is 0 Å². The fourth-order valence-electron chi connectivity index (χ4n) is 2.52. The van der Waals surface area contributed by atoms with E-state index in [4.69, 9.17) is 0 Å². The Morgan fingerprint density at radius 3 is 2.78 bits per heavy atom. The molecular weight excluding hydrogens is 290 g/mol. The van der Waals surface area contributed by atoms with Crippen LogP contribution >= 0.6 is 0 Å². The van der Waals surface area contributed by atoms with Crippen molar-refractivity contribution in [1.29, 1.82) is 0 Å². The lowest BCUT2D eigenvalue weighted by atomic mass is 10.1. The van der Waals surface area contributed by atoms with Crippen molar-refractivity contribution in [3.8, 4) is 0 Å². The molecule has 6 nitrogen and oxygen atoms in total. The van der Waals surface area contributed by atoms with Gasteiger partial charge in [-0.25, -0.2) is 4.79 Å². The fourth-order valence-corrected chi connectivity index (χ4v) is 2.52. The third-order valence-corrected chi connectivity index (χ3v) is 4.04. The van der Waals surface area contributed by atoms with Crippen LogP contribution < -0.4 is 5.32 Å². The molecule has 0 saturated heterocycles. The molecule has 124 valence electrons. The number of rotatable bonds is 6. The van der Waals surface area contributed by atoms with Gasteiger partial charge in [0.25, 0.3) is 0 Å². The summed E-state index contributed by atoms with van der Waals surface area (Å²) in [5.74, 6) is 0. The molecule has 0 saturated carbocycles. The summed E-state index contributed by atoms with van der Waals surface area (Å²) in [6.45, 7) is 5.22. The second-order valence-corrected chi connectivity index (χ2v) is 5.83. The van der Waals surface area contributed by atoms with Crippen molar-refractivity contribution < 1.29 is 4.79 Å². The van der Waals surface area contributed by atoms with Crippen molar-refractivity contribution in [1.82, 2.24) is 25.0 Å². The minimum Gasteiger partial charge on any atom is -0.338 e. The predicted octanol–water partition coefficient (Wildman–Crippen LogP) is 2.21. The minimum absolute atomic E-state index is 0.0566. The van der Waals surface area contributed by atoms with Crippen LogP contribution in [-0.4, -0.2) is 39.3 Å². The topological polar surface area (TPSA) is 63.1 Å². The second-order valence-electron chi connectivity index (χ2n) is 5.83. The number of aromatic nitrogens is 3. The van der Waals surface area contributed by atoms with E-state index in [0.29, 0.717) is 13.1 Å². The van der Waals surface area contributed by atoms with E-state index in [9.17, 15) is 4.79 Å². The molecule has 0 fully saturated rings. The van der Waals surface area contributed by atoms with Crippen LogP contribution in [-0.2, 0) is 20.0 Å². The monoisotopic (exact) mass is 315 g/mol. The largest absolute Gasteiger partial charge is 0.338 e. The van der Waals surface area contributed by atoms with Gasteiger partial charge in [0.1, 0.15) is 0 Å². The lowest BCUT2D eigenvalue weighted by Gasteiger charge is -2.18. The van der Waals surface area contributed by atoms with Crippen LogP contribution in [0.5, 0.6) is 0 Å². The van der Waals surface area contributed by atoms with Gasteiger partial charge in [-0.05, 0) is 38.3 Å². The summed E-state index contributed by atoms with van der Waals surface area (Å²) in [5.41, 5.74) is 4.37. The molecule has 0 unspecified atom stereocenters. The predicted molar refractivity (Wildman–Crippen MR) is 90.1 cm³/mol. The molecule has 2 amide bonds. The molecule has 0 aliphatic carbocycles. The third-order valence-electron chi connectivity index (χ3n) is 4.04. The fraction of sp³-hybridized carbons (Fsp3) is 0.471. The van der Waals surface area contributed by atoms with Crippen molar-refractivity contribution in [2.24, 2.45) is 7.05 Å². The summed E-state index contributed by atoms with van der Waals surface area (Å²) in [6.07, 6.45) is 5.44. The molecular formula is C17H25N5O. The quantitative estimate of drug-likeness (QED) is 0.831. The van der Waals surface area contributed by atoms with Gasteiger partial charge in [0.15, 0.2) is 0 Å². The first kappa shape index (κ1) is 17.0. The molecule has 0 spiro atoms. The van der Waals surface area contributed by atoms with E-state index in [1.165, 1.54) is 5.56 Å². The van der Waals surface area contributed by atoms with Gasteiger partial charge in [-0.3, -0.25) is 9.67 Å². The average molecular weight is 315 g/mol. The Morgan fingerprint density at radius 2 is 2.17 bits per heavy atom. The third kappa shape index (κ3) is 4.55. The first-order chi connectivity index (χ1) is 11.0. The molecule has 0 atom stereocenters. The van der Waals surface area contributed by atoms with Crippen LogP contribution in [0.1, 0.15) is 28.9 Å². The number of hydrogen-bond acceptors (Lipinski definition) is 3. The van der Waals surface area contributed by atoms with Gasteiger partial charge >= 0.3 is 6.03 Å². The van der Waals surface area contributed by atoms with E-state index < -0.39 is 0 Å². The van der Waals surface area contributed by atoms with Crippen LogP contribution in [0.25, 0.3) is 0 Å². The maximum Gasteiger partial charge on any atom is 0.317 e. The molecule has 6 heteroatoms. The molecule has 23 heavy (non-hydrogen) atoms.